The fourth-order valence-corrected chi connectivity index (χ4v) is 4.63. The van der Waals surface area contributed by atoms with Crippen LogP contribution in [0.1, 0.15) is 21.5 Å². The molecule has 146 valence electrons. The van der Waals surface area contributed by atoms with Crippen LogP contribution in [0.2, 0.25) is 0 Å². The molecule has 1 aliphatic rings. The average molecular weight is 398 g/mol. The van der Waals surface area contributed by atoms with E-state index in [-0.39, 0.29) is 5.91 Å². The first-order chi connectivity index (χ1) is 13.6. The molecule has 6 nitrogen and oxygen atoms in total. The largest absolute Gasteiger partial charge is 0.486 e. The van der Waals surface area contributed by atoms with Crippen LogP contribution < -0.4 is 14.3 Å². The highest BCUT2D eigenvalue weighted by Crippen LogP contribution is 2.31. The van der Waals surface area contributed by atoms with Crippen LogP contribution in [0.15, 0.2) is 35.3 Å². The van der Waals surface area contributed by atoms with Gasteiger partial charge in [-0.2, -0.15) is 4.99 Å². The number of nitrogens with zero attached hydrogens (tertiary/aromatic N) is 2. The molecule has 0 spiro atoms. The second-order valence-electron chi connectivity index (χ2n) is 6.73. The zero-order valence-electron chi connectivity index (χ0n) is 16.2. The van der Waals surface area contributed by atoms with E-state index in [1.807, 2.05) is 0 Å². The van der Waals surface area contributed by atoms with Crippen molar-refractivity contribution >= 4 is 27.5 Å². The number of thiazole rings is 1. The number of methoxy groups -OCH3 is 1. The van der Waals surface area contributed by atoms with Gasteiger partial charge in [0, 0.05) is 19.2 Å². The van der Waals surface area contributed by atoms with Crippen LogP contribution in [0.3, 0.4) is 0 Å². The summed E-state index contributed by atoms with van der Waals surface area (Å²) in [5.41, 5.74) is 3.93. The van der Waals surface area contributed by atoms with Crippen LogP contribution in [0, 0.1) is 13.8 Å². The number of benzene rings is 2. The Morgan fingerprint density at radius 1 is 1.18 bits per heavy atom. The summed E-state index contributed by atoms with van der Waals surface area (Å²) >= 11 is 1.52. The van der Waals surface area contributed by atoms with Crippen LogP contribution in [0.5, 0.6) is 11.5 Å². The quantitative estimate of drug-likeness (QED) is 0.675. The molecule has 0 N–H and O–H groups in total. The maximum absolute atomic E-state index is 12.9. The van der Waals surface area contributed by atoms with E-state index in [0.29, 0.717) is 48.2 Å². The summed E-state index contributed by atoms with van der Waals surface area (Å²) in [4.78, 5) is 18.0. The molecule has 0 radical (unpaired) electrons. The molecular formula is C21H22N2O4S. The van der Waals surface area contributed by atoms with Crippen LogP contribution in [-0.4, -0.2) is 37.4 Å². The Bertz CT molecular complexity index is 1110. The highest BCUT2D eigenvalue weighted by molar-refractivity contribution is 7.16. The summed E-state index contributed by atoms with van der Waals surface area (Å²) in [5, 5.41) is 0. The minimum Gasteiger partial charge on any atom is -0.486 e. The van der Waals surface area contributed by atoms with Crippen molar-refractivity contribution in [2.45, 2.75) is 20.4 Å². The van der Waals surface area contributed by atoms with Crippen molar-refractivity contribution < 1.29 is 19.0 Å². The Kier molecular flexibility index (Phi) is 5.19. The molecule has 0 bridgehead atoms. The molecular weight excluding hydrogens is 376 g/mol. The average Bonchev–Trinajstić information content (AvgIpc) is 3.02. The van der Waals surface area contributed by atoms with E-state index in [0.717, 1.165) is 15.8 Å². The van der Waals surface area contributed by atoms with Crippen molar-refractivity contribution in [2.75, 3.05) is 26.9 Å². The van der Waals surface area contributed by atoms with Gasteiger partial charge in [0.2, 0.25) is 0 Å². The van der Waals surface area contributed by atoms with Gasteiger partial charge in [0.05, 0.1) is 16.8 Å². The first kappa shape index (κ1) is 18.7. The third kappa shape index (κ3) is 3.55. The van der Waals surface area contributed by atoms with Crippen molar-refractivity contribution in [1.82, 2.24) is 4.57 Å². The maximum atomic E-state index is 12.9. The molecule has 3 aromatic rings. The van der Waals surface area contributed by atoms with Crippen molar-refractivity contribution in [3.63, 3.8) is 0 Å². The lowest BCUT2D eigenvalue weighted by Crippen LogP contribution is -2.20. The molecule has 1 aromatic heterocycles. The first-order valence-corrected chi connectivity index (χ1v) is 9.96. The minimum atomic E-state index is -0.302. The standard InChI is InChI=1S/C21H22N2O4S/c1-13-10-14(2)19-18(11-13)28-21(23(19)6-7-25-3)22-20(24)15-4-5-16-17(12-15)27-9-8-26-16/h4-5,10-12H,6-9H2,1-3H3. The Labute approximate surface area is 167 Å². The van der Waals surface area contributed by atoms with Gasteiger partial charge in [-0.3, -0.25) is 4.79 Å². The van der Waals surface area contributed by atoms with E-state index >= 15 is 0 Å². The summed E-state index contributed by atoms with van der Waals surface area (Å²) in [6, 6.07) is 9.45. The molecule has 7 heteroatoms. The third-order valence-electron chi connectivity index (χ3n) is 4.62. The zero-order chi connectivity index (χ0) is 19.7. The van der Waals surface area contributed by atoms with E-state index in [1.54, 1.807) is 25.3 Å². The molecule has 0 unspecified atom stereocenters. The fraction of sp³-hybridized carbons (Fsp3) is 0.333. The van der Waals surface area contributed by atoms with Crippen LogP contribution in [-0.2, 0) is 11.3 Å². The number of rotatable bonds is 4. The monoisotopic (exact) mass is 398 g/mol. The van der Waals surface area contributed by atoms with Crippen LogP contribution in [0.4, 0.5) is 0 Å². The Hall–Kier alpha value is -2.64. The van der Waals surface area contributed by atoms with Gasteiger partial charge in [-0.1, -0.05) is 17.4 Å². The number of carbonyl (C=O) groups is 1. The summed E-state index contributed by atoms with van der Waals surface area (Å²) in [6.07, 6.45) is 0. The lowest BCUT2D eigenvalue weighted by Gasteiger charge is -2.18. The fourth-order valence-electron chi connectivity index (χ4n) is 3.39. The molecule has 4 rings (SSSR count). The molecule has 0 aliphatic carbocycles. The number of fused-ring (bicyclic) bond motifs is 2. The molecule has 0 saturated carbocycles. The number of hydrogen-bond donors (Lipinski definition) is 0. The smallest absolute Gasteiger partial charge is 0.279 e. The molecule has 0 fully saturated rings. The molecule has 0 atom stereocenters. The topological polar surface area (TPSA) is 62.1 Å². The van der Waals surface area contributed by atoms with Gasteiger partial charge >= 0.3 is 0 Å². The normalized spacial score (nSPS) is 13.9. The maximum Gasteiger partial charge on any atom is 0.279 e. The Morgan fingerprint density at radius 2 is 1.96 bits per heavy atom. The Balaban J connectivity index is 1.79. The molecule has 1 amide bonds. The van der Waals surface area contributed by atoms with E-state index in [9.17, 15) is 4.79 Å². The number of aromatic nitrogens is 1. The predicted molar refractivity (Wildman–Crippen MR) is 108 cm³/mol. The van der Waals surface area contributed by atoms with E-state index in [2.05, 4.69) is 35.5 Å². The molecule has 28 heavy (non-hydrogen) atoms. The van der Waals surface area contributed by atoms with Crippen LogP contribution >= 0.6 is 11.3 Å². The zero-order valence-corrected chi connectivity index (χ0v) is 17.0. The second-order valence-corrected chi connectivity index (χ2v) is 7.74. The number of aryl methyl sites for hydroxylation is 2. The van der Waals surface area contributed by atoms with E-state index in [4.69, 9.17) is 14.2 Å². The summed E-state index contributed by atoms with van der Waals surface area (Å²) in [7, 11) is 1.67. The number of amides is 1. The van der Waals surface area contributed by atoms with Gasteiger partial charge in [0.1, 0.15) is 13.2 Å². The lowest BCUT2D eigenvalue weighted by atomic mass is 10.1. The van der Waals surface area contributed by atoms with Crippen molar-refractivity contribution in [2.24, 2.45) is 4.99 Å². The second kappa shape index (κ2) is 7.77. The van der Waals surface area contributed by atoms with Gasteiger partial charge < -0.3 is 18.8 Å². The minimum absolute atomic E-state index is 0.302. The summed E-state index contributed by atoms with van der Waals surface area (Å²) in [5.74, 6) is 0.942. The summed E-state index contributed by atoms with van der Waals surface area (Å²) in [6.45, 7) is 6.33. The predicted octanol–water partition coefficient (Wildman–Crippen LogP) is 3.48. The van der Waals surface area contributed by atoms with E-state index < -0.39 is 0 Å². The van der Waals surface area contributed by atoms with Gasteiger partial charge in [-0.15, -0.1) is 0 Å². The van der Waals surface area contributed by atoms with Crippen molar-refractivity contribution in [3.05, 3.63) is 51.8 Å². The third-order valence-corrected chi connectivity index (χ3v) is 5.64. The SMILES string of the molecule is COCCn1c(=NC(=O)c2ccc3c(c2)OCCO3)sc2cc(C)cc(C)c21. The first-order valence-electron chi connectivity index (χ1n) is 9.15. The van der Waals surface area contributed by atoms with Crippen molar-refractivity contribution in [3.8, 4) is 11.5 Å². The lowest BCUT2D eigenvalue weighted by molar-refractivity contribution is 0.0996. The van der Waals surface area contributed by atoms with Gasteiger partial charge in [-0.25, -0.2) is 0 Å². The van der Waals surface area contributed by atoms with Crippen LogP contribution in [0.25, 0.3) is 10.2 Å². The summed E-state index contributed by atoms with van der Waals surface area (Å²) < 4.78 is 19.5. The Morgan fingerprint density at radius 3 is 2.75 bits per heavy atom. The number of carbonyl (C=O) groups excluding carboxylic acids is 1. The van der Waals surface area contributed by atoms with Gasteiger partial charge in [0.25, 0.3) is 5.91 Å². The molecule has 2 aromatic carbocycles. The van der Waals surface area contributed by atoms with Gasteiger partial charge in [0.15, 0.2) is 16.3 Å². The highest BCUT2D eigenvalue weighted by Gasteiger charge is 2.16. The van der Waals surface area contributed by atoms with Gasteiger partial charge in [-0.05, 0) is 49.2 Å². The molecule has 0 saturated heterocycles. The highest BCUT2D eigenvalue weighted by atomic mass is 32.1. The molecule has 1 aliphatic heterocycles. The number of hydrogen-bond acceptors (Lipinski definition) is 5. The molecule has 2 heterocycles. The van der Waals surface area contributed by atoms with Crippen molar-refractivity contribution in [1.29, 1.82) is 0 Å². The van der Waals surface area contributed by atoms with E-state index in [1.165, 1.54) is 16.9 Å². The number of ether oxygens (including phenoxy) is 3.